The second-order valence-corrected chi connectivity index (χ2v) is 9.78. The van der Waals surface area contributed by atoms with Gasteiger partial charge in [0.15, 0.2) is 5.82 Å². The molecule has 6 aromatic rings. The van der Waals surface area contributed by atoms with Crippen molar-refractivity contribution >= 4 is 21.7 Å². The number of benzene rings is 5. The Balaban J connectivity index is 1.55. The van der Waals surface area contributed by atoms with Crippen LogP contribution in [0.25, 0.3) is 33.1 Å². The van der Waals surface area contributed by atoms with Crippen LogP contribution in [-0.4, -0.2) is 9.97 Å². The van der Waals surface area contributed by atoms with Gasteiger partial charge in [-0.25, -0.2) is 9.97 Å². The van der Waals surface area contributed by atoms with E-state index in [2.05, 4.69) is 109 Å². The van der Waals surface area contributed by atoms with E-state index >= 15 is 0 Å². The Labute approximate surface area is 203 Å². The van der Waals surface area contributed by atoms with Crippen molar-refractivity contribution in [1.82, 2.24) is 9.97 Å². The number of aromatic nitrogens is 2. The number of fused-ring (bicyclic) bond motifs is 11. The lowest BCUT2D eigenvalue weighted by Gasteiger charge is -2.32. The smallest absolute Gasteiger partial charge is 0.160 e. The minimum atomic E-state index is -0.273. The highest BCUT2D eigenvalue weighted by atomic mass is 14.9. The van der Waals surface area contributed by atoms with Crippen LogP contribution in [0.1, 0.15) is 40.3 Å². The van der Waals surface area contributed by atoms with Crippen LogP contribution in [0.5, 0.6) is 0 Å². The molecule has 0 N–H and O–H groups in total. The summed E-state index contributed by atoms with van der Waals surface area (Å²) in [6.45, 7) is 0. The highest BCUT2D eigenvalue weighted by Crippen LogP contribution is 2.63. The fourth-order valence-corrected chi connectivity index (χ4v) is 6.69. The Morgan fingerprint density at radius 3 is 2.00 bits per heavy atom. The standard InChI is InChI=1S/C33H22N2/c1-2-11-22(12-3-1)32-34-30-23-13-5-4-10-21(23)18-19-26(30)31(35-32)33-20-27(24-14-6-8-16-28(24)33)25-15-7-9-17-29(25)33/h1-19,27H,20H2. The molecule has 0 spiro atoms. The van der Waals surface area contributed by atoms with E-state index in [4.69, 9.17) is 9.97 Å². The van der Waals surface area contributed by atoms with E-state index in [-0.39, 0.29) is 5.41 Å². The first kappa shape index (κ1) is 19.1. The van der Waals surface area contributed by atoms with Crippen LogP contribution >= 0.6 is 0 Å². The fraction of sp³-hybridized carbons (Fsp3) is 0.0909. The van der Waals surface area contributed by atoms with Crippen molar-refractivity contribution in [3.63, 3.8) is 0 Å². The first-order valence-corrected chi connectivity index (χ1v) is 12.3. The summed E-state index contributed by atoms with van der Waals surface area (Å²) in [6, 6.07) is 41.4. The minimum absolute atomic E-state index is 0.273. The third-order valence-electron chi connectivity index (χ3n) is 8.13. The third-order valence-corrected chi connectivity index (χ3v) is 8.13. The molecule has 0 aliphatic heterocycles. The lowest BCUT2D eigenvalue weighted by molar-refractivity contribution is 0.619. The lowest BCUT2D eigenvalue weighted by atomic mass is 9.71. The molecule has 1 heterocycles. The Hall–Kier alpha value is -4.30. The van der Waals surface area contributed by atoms with Crippen molar-refractivity contribution in [2.24, 2.45) is 0 Å². The summed E-state index contributed by atoms with van der Waals surface area (Å²) in [5.74, 6) is 1.21. The molecule has 2 nitrogen and oxygen atoms in total. The summed E-state index contributed by atoms with van der Waals surface area (Å²) in [5, 5.41) is 3.53. The molecular weight excluding hydrogens is 424 g/mol. The van der Waals surface area contributed by atoms with E-state index in [1.165, 1.54) is 33.0 Å². The van der Waals surface area contributed by atoms with Crippen molar-refractivity contribution in [2.45, 2.75) is 17.8 Å². The second kappa shape index (κ2) is 6.86. The van der Waals surface area contributed by atoms with Gasteiger partial charge in [-0.05, 0) is 34.1 Å². The Morgan fingerprint density at radius 1 is 0.571 bits per heavy atom. The molecular formula is C33H22N2. The molecule has 1 aromatic heterocycles. The molecule has 2 aliphatic carbocycles. The zero-order chi connectivity index (χ0) is 23.0. The van der Waals surface area contributed by atoms with E-state index in [0.717, 1.165) is 34.4 Å². The van der Waals surface area contributed by atoms with Gasteiger partial charge in [0, 0.05) is 22.3 Å². The van der Waals surface area contributed by atoms with Crippen LogP contribution in [0.3, 0.4) is 0 Å². The van der Waals surface area contributed by atoms with E-state index < -0.39 is 0 Å². The van der Waals surface area contributed by atoms with Crippen LogP contribution in [0.2, 0.25) is 0 Å². The summed E-state index contributed by atoms with van der Waals surface area (Å²) >= 11 is 0. The second-order valence-electron chi connectivity index (χ2n) is 9.78. The molecule has 5 aromatic carbocycles. The molecule has 0 amide bonds. The van der Waals surface area contributed by atoms with Crippen molar-refractivity contribution < 1.29 is 0 Å². The molecule has 0 saturated carbocycles. The molecule has 0 radical (unpaired) electrons. The highest BCUT2D eigenvalue weighted by Gasteiger charge is 2.55. The topological polar surface area (TPSA) is 25.8 Å². The van der Waals surface area contributed by atoms with E-state index in [1.807, 2.05) is 6.07 Å². The van der Waals surface area contributed by atoms with Crippen LogP contribution in [0.4, 0.5) is 0 Å². The fourth-order valence-electron chi connectivity index (χ4n) is 6.69. The van der Waals surface area contributed by atoms with Crippen molar-refractivity contribution in [3.05, 3.63) is 143 Å². The average molecular weight is 447 g/mol. The molecule has 8 rings (SSSR count). The lowest BCUT2D eigenvalue weighted by Crippen LogP contribution is -2.27. The SMILES string of the molecule is c1ccc(-c2nc(C34CC(c5ccccc53)c3ccccc34)c3ccc4ccccc4c3n2)cc1. The average Bonchev–Trinajstić information content (AvgIpc) is 3.47. The summed E-state index contributed by atoms with van der Waals surface area (Å²) in [4.78, 5) is 10.6. The van der Waals surface area contributed by atoms with Crippen LogP contribution in [-0.2, 0) is 5.41 Å². The number of hydrogen-bond acceptors (Lipinski definition) is 2. The van der Waals surface area contributed by atoms with Gasteiger partial charge in [-0.3, -0.25) is 0 Å². The largest absolute Gasteiger partial charge is 0.231 e. The maximum absolute atomic E-state index is 5.42. The first-order valence-electron chi connectivity index (χ1n) is 12.3. The van der Waals surface area contributed by atoms with Crippen LogP contribution in [0.15, 0.2) is 115 Å². The maximum Gasteiger partial charge on any atom is 0.160 e. The van der Waals surface area contributed by atoms with E-state index in [9.17, 15) is 0 Å². The predicted molar refractivity (Wildman–Crippen MR) is 142 cm³/mol. The van der Waals surface area contributed by atoms with Gasteiger partial charge >= 0.3 is 0 Å². The zero-order valence-electron chi connectivity index (χ0n) is 19.1. The number of nitrogens with zero attached hydrogens (tertiary/aromatic N) is 2. The van der Waals surface area contributed by atoms with Gasteiger partial charge < -0.3 is 0 Å². The van der Waals surface area contributed by atoms with Crippen LogP contribution in [0, 0.1) is 0 Å². The molecule has 2 bridgehead atoms. The molecule has 0 unspecified atom stereocenters. The molecule has 164 valence electrons. The van der Waals surface area contributed by atoms with Crippen molar-refractivity contribution in [1.29, 1.82) is 0 Å². The van der Waals surface area contributed by atoms with Crippen molar-refractivity contribution in [2.75, 3.05) is 0 Å². The number of hydrogen-bond donors (Lipinski definition) is 0. The quantitative estimate of drug-likeness (QED) is 0.256. The molecule has 0 fully saturated rings. The van der Waals surface area contributed by atoms with Gasteiger partial charge in [0.05, 0.1) is 16.6 Å². The van der Waals surface area contributed by atoms with Gasteiger partial charge in [-0.2, -0.15) is 0 Å². The van der Waals surface area contributed by atoms with E-state index in [1.54, 1.807) is 0 Å². The maximum atomic E-state index is 5.42. The van der Waals surface area contributed by atoms with Crippen molar-refractivity contribution in [3.8, 4) is 11.4 Å². The first-order chi connectivity index (χ1) is 17.3. The molecule has 2 aliphatic rings. The third kappa shape index (κ3) is 2.44. The Morgan fingerprint density at radius 2 is 1.23 bits per heavy atom. The van der Waals surface area contributed by atoms with Gasteiger partial charge in [-0.1, -0.05) is 115 Å². The van der Waals surface area contributed by atoms with Crippen LogP contribution < -0.4 is 0 Å². The summed E-state index contributed by atoms with van der Waals surface area (Å²) in [5.41, 5.74) is 8.63. The van der Waals surface area contributed by atoms with Gasteiger partial charge in [0.1, 0.15) is 0 Å². The van der Waals surface area contributed by atoms with E-state index in [0.29, 0.717) is 5.92 Å². The van der Waals surface area contributed by atoms with Gasteiger partial charge in [-0.15, -0.1) is 0 Å². The Kier molecular flexibility index (Phi) is 3.74. The minimum Gasteiger partial charge on any atom is -0.231 e. The highest BCUT2D eigenvalue weighted by molar-refractivity contribution is 6.07. The number of rotatable bonds is 2. The molecule has 0 atom stereocenters. The zero-order valence-corrected chi connectivity index (χ0v) is 19.1. The molecule has 2 heteroatoms. The normalized spacial score (nSPS) is 19.7. The summed E-state index contributed by atoms with van der Waals surface area (Å²) < 4.78 is 0. The summed E-state index contributed by atoms with van der Waals surface area (Å²) in [7, 11) is 0. The van der Waals surface area contributed by atoms with Gasteiger partial charge in [0.2, 0.25) is 0 Å². The summed E-state index contributed by atoms with van der Waals surface area (Å²) in [6.07, 6.45) is 1.03. The predicted octanol–water partition coefficient (Wildman–Crippen LogP) is 7.63. The molecule has 0 saturated heterocycles. The Bertz CT molecular complexity index is 1740. The monoisotopic (exact) mass is 446 g/mol. The molecule has 35 heavy (non-hydrogen) atoms. The van der Waals surface area contributed by atoms with Gasteiger partial charge in [0.25, 0.3) is 0 Å².